The maximum atomic E-state index is 11.9. The van der Waals surface area contributed by atoms with Gasteiger partial charge in [0.05, 0.1) is 24.5 Å². The molecule has 1 N–H and O–H groups in total. The fraction of sp³-hybridized carbons (Fsp3) is 0.467. The number of likely N-dealkylation sites (tertiary alicyclic amines) is 1. The molecule has 1 saturated heterocycles. The quantitative estimate of drug-likeness (QED) is 0.833. The Kier molecular flexibility index (Phi) is 2.71. The van der Waals surface area contributed by atoms with Crippen LogP contribution in [-0.2, 0) is 9.59 Å². The monoisotopic (exact) mass is 259 g/mol. The van der Waals surface area contributed by atoms with E-state index in [1.54, 1.807) is 0 Å². The number of hydrogen-bond donors (Lipinski definition) is 1. The Morgan fingerprint density at radius 1 is 1.16 bits per heavy atom. The molecule has 0 radical (unpaired) electrons. The SMILES string of the molecule is Cc1cc(C)cc(C(O)CN2C(=O)C3CC3C2=O)c1. The van der Waals surface area contributed by atoms with Crippen molar-refractivity contribution in [2.75, 3.05) is 6.54 Å². The summed E-state index contributed by atoms with van der Waals surface area (Å²) in [6.07, 6.45) is -0.0997. The molecule has 3 unspecified atom stereocenters. The van der Waals surface area contributed by atoms with Gasteiger partial charge in [-0.2, -0.15) is 0 Å². The van der Waals surface area contributed by atoms with Gasteiger partial charge in [0.1, 0.15) is 0 Å². The number of rotatable bonds is 3. The Hall–Kier alpha value is -1.68. The smallest absolute Gasteiger partial charge is 0.233 e. The third kappa shape index (κ3) is 2.06. The minimum atomic E-state index is -0.802. The molecule has 1 heterocycles. The Morgan fingerprint density at radius 2 is 1.68 bits per heavy atom. The van der Waals surface area contributed by atoms with E-state index in [0.29, 0.717) is 6.42 Å². The molecule has 3 rings (SSSR count). The first-order chi connectivity index (χ1) is 8.97. The van der Waals surface area contributed by atoms with Gasteiger partial charge < -0.3 is 5.11 Å². The second-order valence-electron chi connectivity index (χ2n) is 5.67. The second kappa shape index (κ2) is 4.17. The van der Waals surface area contributed by atoms with Gasteiger partial charge in [-0.25, -0.2) is 0 Å². The molecular weight excluding hydrogens is 242 g/mol. The molecule has 2 fully saturated rings. The van der Waals surface area contributed by atoms with Gasteiger partial charge in [0.15, 0.2) is 0 Å². The van der Waals surface area contributed by atoms with Crippen molar-refractivity contribution in [2.45, 2.75) is 26.4 Å². The fourth-order valence-electron chi connectivity index (χ4n) is 2.91. The molecule has 1 aromatic carbocycles. The summed E-state index contributed by atoms with van der Waals surface area (Å²) in [5.74, 6) is -0.422. The second-order valence-corrected chi connectivity index (χ2v) is 5.67. The maximum Gasteiger partial charge on any atom is 0.233 e. The fourth-order valence-corrected chi connectivity index (χ4v) is 2.91. The number of carbonyl (C=O) groups is 2. The molecule has 1 aliphatic heterocycles. The van der Waals surface area contributed by atoms with E-state index in [-0.39, 0.29) is 30.2 Å². The van der Waals surface area contributed by atoms with Gasteiger partial charge in [-0.3, -0.25) is 14.5 Å². The molecule has 0 aromatic heterocycles. The lowest BCUT2D eigenvalue weighted by molar-refractivity contribution is -0.143. The number of imide groups is 1. The van der Waals surface area contributed by atoms with E-state index in [4.69, 9.17) is 0 Å². The number of amides is 2. The number of aliphatic hydroxyl groups excluding tert-OH is 1. The molecular formula is C15H17NO3. The van der Waals surface area contributed by atoms with Gasteiger partial charge in [-0.05, 0) is 25.8 Å². The highest BCUT2D eigenvalue weighted by molar-refractivity contribution is 6.08. The lowest BCUT2D eigenvalue weighted by atomic mass is 10.0. The molecule has 4 heteroatoms. The summed E-state index contributed by atoms with van der Waals surface area (Å²) in [4.78, 5) is 24.9. The Morgan fingerprint density at radius 3 is 2.21 bits per heavy atom. The summed E-state index contributed by atoms with van der Waals surface area (Å²) in [6, 6.07) is 5.81. The van der Waals surface area contributed by atoms with Crippen molar-refractivity contribution in [3.63, 3.8) is 0 Å². The molecule has 3 atom stereocenters. The number of piperidine rings is 1. The minimum absolute atomic E-state index is 0.0769. The summed E-state index contributed by atoms with van der Waals surface area (Å²) in [6.45, 7) is 4.00. The van der Waals surface area contributed by atoms with Gasteiger partial charge >= 0.3 is 0 Å². The van der Waals surface area contributed by atoms with E-state index in [2.05, 4.69) is 0 Å². The van der Waals surface area contributed by atoms with Crippen molar-refractivity contribution in [1.82, 2.24) is 4.90 Å². The highest BCUT2D eigenvalue weighted by Gasteiger charge is 2.58. The first kappa shape index (κ1) is 12.4. The van der Waals surface area contributed by atoms with Gasteiger partial charge in [0.2, 0.25) is 11.8 Å². The van der Waals surface area contributed by atoms with Crippen LogP contribution in [0.3, 0.4) is 0 Å². The third-order valence-corrected chi connectivity index (χ3v) is 3.94. The number of fused-ring (bicyclic) bond motifs is 1. The number of nitrogens with zero attached hydrogens (tertiary/aromatic N) is 1. The zero-order valence-corrected chi connectivity index (χ0v) is 11.1. The van der Waals surface area contributed by atoms with Crippen LogP contribution >= 0.6 is 0 Å². The molecule has 1 saturated carbocycles. The number of carbonyl (C=O) groups excluding carboxylic acids is 2. The number of aliphatic hydroxyl groups is 1. The largest absolute Gasteiger partial charge is 0.387 e. The van der Waals surface area contributed by atoms with Crippen molar-refractivity contribution >= 4 is 11.8 Å². The van der Waals surface area contributed by atoms with Crippen molar-refractivity contribution in [2.24, 2.45) is 11.8 Å². The predicted octanol–water partition coefficient (Wildman–Crippen LogP) is 1.34. The van der Waals surface area contributed by atoms with Crippen LogP contribution < -0.4 is 0 Å². The average molecular weight is 259 g/mol. The van der Waals surface area contributed by atoms with Crippen LogP contribution in [0.2, 0.25) is 0 Å². The molecule has 2 aliphatic rings. The number of β-amino-alcohol motifs (C(OH)–C–C–N with tert-alkyl or cyclic N) is 1. The van der Waals surface area contributed by atoms with Crippen molar-refractivity contribution in [3.05, 3.63) is 34.9 Å². The number of hydrogen-bond acceptors (Lipinski definition) is 3. The molecule has 1 aromatic rings. The zero-order valence-electron chi connectivity index (χ0n) is 11.1. The Labute approximate surface area is 112 Å². The third-order valence-electron chi connectivity index (χ3n) is 3.94. The normalized spacial score (nSPS) is 26.6. The van der Waals surface area contributed by atoms with Crippen LogP contribution in [0, 0.1) is 25.7 Å². The summed E-state index contributed by atoms with van der Waals surface area (Å²) in [5, 5.41) is 10.2. The number of aryl methyl sites for hydroxylation is 2. The van der Waals surface area contributed by atoms with Gasteiger partial charge in [0, 0.05) is 0 Å². The van der Waals surface area contributed by atoms with E-state index in [1.165, 1.54) is 4.90 Å². The summed E-state index contributed by atoms with van der Waals surface area (Å²) in [5.41, 5.74) is 2.89. The molecule has 1 aliphatic carbocycles. The van der Waals surface area contributed by atoms with E-state index in [0.717, 1.165) is 16.7 Å². The van der Waals surface area contributed by atoms with E-state index < -0.39 is 6.10 Å². The first-order valence-electron chi connectivity index (χ1n) is 6.59. The molecule has 0 bridgehead atoms. The maximum absolute atomic E-state index is 11.9. The summed E-state index contributed by atoms with van der Waals surface area (Å²) in [7, 11) is 0. The standard InChI is InChI=1S/C15H17NO3/c1-8-3-9(2)5-10(4-8)13(17)7-16-14(18)11-6-12(11)15(16)19/h3-5,11-13,17H,6-7H2,1-2H3. The van der Waals surface area contributed by atoms with E-state index in [9.17, 15) is 14.7 Å². The van der Waals surface area contributed by atoms with Gasteiger partial charge in [-0.15, -0.1) is 0 Å². The highest BCUT2D eigenvalue weighted by atomic mass is 16.3. The lowest BCUT2D eigenvalue weighted by Crippen LogP contribution is -2.36. The zero-order chi connectivity index (χ0) is 13.7. The number of benzene rings is 1. The Bertz CT molecular complexity index is 526. The van der Waals surface area contributed by atoms with Crippen LogP contribution in [0.1, 0.15) is 29.2 Å². The first-order valence-corrected chi connectivity index (χ1v) is 6.59. The van der Waals surface area contributed by atoms with Crippen LogP contribution in [-0.4, -0.2) is 28.4 Å². The van der Waals surface area contributed by atoms with Crippen LogP contribution in [0.25, 0.3) is 0 Å². The molecule has 100 valence electrons. The molecule has 2 amide bonds. The minimum Gasteiger partial charge on any atom is -0.387 e. The molecule has 0 spiro atoms. The van der Waals surface area contributed by atoms with Crippen molar-refractivity contribution in [3.8, 4) is 0 Å². The van der Waals surface area contributed by atoms with Crippen molar-refractivity contribution in [1.29, 1.82) is 0 Å². The average Bonchev–Trinajstić information content (AvgIpc) is 3.08. The predicted molar refractivity (Wildman–Crippen MR) is 69.2 cm³/mol. The van der Waals surface area contributed by atoms with E-state index in [1.807, 2.05) is 32.0 Å². The topological polar surface area (TPSA) is 57.6 Å². The van der Waals surface area contributed by atoms with Crippen LogP contribution in [0.15, 0.2) is 18.2 Å². The van der Waals surface area contributed by atoms with Crippen LogP contribution in [0.4, 0.5) is 0 Å². The highest BCUT2D eigenvalue weighted by Crippen LogP contribution is 2.47. The van der Waals surface area contributed by atoms with Crippen LogP contribution in [0.5, 0.6) is 0 Å². The van der Waals surface area contributed by atoms with Crippen molar-refractivity contribution < 1.29 is 14.7 Å². The van der Waals surface area contributed by atoms with E-state index >= 15 is 0 Å². The Balaban J connectivity index is 1.76. The molecule has 4 nitrogen and oxygen atoms in total. The molecule has 19 heavy (non-hydrogen) atoms. The summed E-state index contributed by atoms with van der Waals surface area (Å²) < 4.78 is 0. The summed E-state index contributed by atoms with van der Waals surface area (Å²) >= 11 is 0. The van der Waals surface area contributed by atoms with Gasteiger partial charge in [0.25, 0.3) is 0 Å². The lowest BCUT2D eigenvalue weighted by Gasteiger charge is -2.21. The van der Waals surface area contributed by atoms with Gasteiger partial charge in [-0.1, -0.05) is 29.3 Å².